The molecule has 1 atom stereocenters. The van der Waals surface area contributed by atoms with Crippen molar-refractivity contribution in [2.45, 2.75) is 31.9 Å². The summed E-state index contributed by atoms with van der Waals surface area (Å²) in [6.07, 6.45) is 2.08. The summed E-state index contributed by atoms with van der Waals surface area (Å²) in [7, 11) is 0. The quantitative estimate of drug-likeness (QED) is 0.826. The lowest BCUT2D eigenvalue weighted by Crippen LogP contribution is -2.36. The molecule has 0 aromatic heterocycles. The molecule has 100 valence electrons. The fourth-order valence-electron chi connectivity index (χ4n) is 2.02. The average molecular weight is 270 g/mol. The molecule has 0 aliphatic heterocycles. The zero-order chi connectivity index (χ0) is 13.0. The van der Waals surface area contributed by atoms with Gasteiger partial charge in [-0.25, -0.2) is 0 Å². The minimum atomic E-state index is -0.443. The first kappa shape index (κ1) is 13.7. The molecule has 1 fully saturated rings. The molecule has 1 unspecified atom stereocenters. The molecule has 1 aliphatic carbocycles. The molecule has 1 N–H and O–H groups in total. The molecule has 0 heterocycles. The lowest BCUT2D eigenvalue weighted by Gasteiger charge is -2.23. The second kappa shape index (κ2) is 6.41. The standard InChI is InChI=1S/C14H20ClNO2/c1-2-16(12-5-6-12)9-13(17)10-18-14-7-3-11(15)4-8-14/h3-4,7-8,12-13,17H,2,5-6,9-10H2,1H3. The molecule has 0 bridgehead atoms. The number of likely N-dealkylation sites (N-methyl/N-ethyl adjacent to an activating group) is 1. The van der Waals surface area contributed by atoms with E-state index < -0.39 is 6.10 Å². The minimum absolute atomic E-state index is 0.324. The van der Waals surface area contributed by atoms with Gasteiger partial charge in [-0.15, -0.1) is 0 Å². The first-order valence-electron chi connectivity index (χ1n) is 6.49. The number of ether oxygens (including phenoxy) is 1. The maximum atomic E-state index is 9.95. The van der Waals surface area contributed by atoms with Crippen molar-refractivity contribution in [3.63, 3.8) is 0 Å². The number of aliphatic hydroxyl groups excluding tert-OH is 1. The van der Waals surface area contributed by atoms with Crippen molar-refractivity contribution < 1.29 is 9.84 Å². The van der Waals surface area contributed by atoms with Crippen molar-refractivity contribution in [2.75, 3.05) is 19.7 Å². The molecule has 3 nitrogen and oxygen atoms in total. The first-order chi connectivity index (χ1) is 8.69. The Morgan fingerprint density at radius 1 is 1.39 bits per heavy atom. The lowest BCUT2D eigenvalue weighted by molar-refractivity contribution is 0.0673. The maximum Gasteiger partial charge on any atom is 0.119 e. The van der Waals surface area contributed by atoms with E-state index in [2.05, 4.69) is 11.8 Å². The molecule has 1 aromatic carbocycles. The molecule has 1 aliphatic rings. The van der Waals surface area contributed by atoms with Crippen LogP contribution in [0.2, 0.25) is 5.02 Å². The van der Waals surface area contributed by atoms with E-state index in [4.69, 9.17) is 16.3 Å². The van der Waals surface area contributed by atoms with Crippen LogP contribution in [0.5, 0.6) is 5.75 Å². The smallest absolute Gasteiger partial charge is 0.119 e. The molecule has 1 saturated carbocycles. The fourth-order valence-corrected chi connectivity index (χ4v) is 2.15. The minimum Gasteiger partial charge on any atom is -0.491 e. The molecule has 18 heavy (non-hydrogen) atoms. The van der Waals surface area contributed by atoms with Gasteiger partial charge in [0, 0.05) is 17.6 Å². The lowest BCUT2D eigenvalue weighted by atomic mass is 10.3. The summed E-state index contributed by atoms with van der Waals surface area (Å²) in [6, 6.07) is 7.87. The third-order valence-electron chi connectivity index (χ3n) is 3.17. The normalized spacial score (nSPS) is 16.9. The fraction of sp³-hybridized carbons (Fsp3) is 0.571. The summed E-state index contributed by atoms with van der Waals surface area (Å²) < 4.78 is 5.53. The molecule has 2 rings (SSSR count). The van der Waals surface area contributed by atoms with Gasteiger partial charge in [0.15, 0.2) is 0 Å². The van der Waals surface area contributed by atoms with Crippen LogP contribution in [0.3, 0.4) is 0 Å². The highest BCUT2D eigenvalue weighted by atomic mass is 35.5. The molecular weight excluding hydrogens is 250 g/mol. The van der Waals surface area contributed by atoms with Gasteiger partial charge in [0.2, 0.25) is 0 Å². The first-order valence-corrected chi connectivity index (χ1v) is 6.87. The van der Waals surface area contributed by atoms with Crippen molar-refractivity contribution in [3.8, 4) is 5.75 Å². The van der Waals surface area contributed by atoms with Crippen LogP contribution >= 0.6 is 11.6 Å². The van der Waals surface area contributed by atoms with Crippen LogP contribution in [-0.4, -0.2) is 41.8 Å². The van der Waals surface area contributed by atoms with Crippen LogP contribution in [0.15, 0.2) is 24.3 Å². The summed E-state index contributed by atoms with van der Waals surface area (Å²) in [4.78, 5) is 2.32. The van der Waals surface area contributed by atoms with Crippen molar-refractivity contribution >= 4 is 11.6 Å². The van der Waals surface area contributed by atoms with Crippen molar-refractivity contribution in [1.29, 1.82) is 0 Å². The van der Waals surface area contributed by atoms with Crippen LogP contribution in [0.25, 0.3) is 0 Å². The number of benzene rings is 1. The Morgan fingerprint density at radius 3 is 2.61 bits per heavy atom. The highest BCUT2D eigenvalue weighted by Gasteiger charge is 2.28. The van der Waals surface area contributed by atoms with Gasteiger partial charge in [-0.3, -0.25) is 4.90 Å². The predicted molar refractivity (Wildman–Crippen MR) is 73.2 cm³/mol. The van der Waals surface area contributed by atoms with Gasteiger partial charge < -0.3 is 9.84 Å². The van der Waals surface area contributed by atoms with Crippen LogP contribution < -0.4 is 4.74 Å². The predicted octanol–water partition coefficient (Wildman–Crippen LogP) is 2.56. The summed E-state index contributed by atoms with van der Waals surface area (Å²) >= 11 is 5.79. The summed E-state index contributed by atoms with van der Waals surface area (Å²) in [6.45, 7) is 4.13. The van der Waals surface area contributed by atoms with E-state index in [1.165, 1.54) is 12.8 Å². The van der Waals surface area contributed by atoms with Crippen LogP contribution in [0, 0.1) is 0 Å². The molecule has 1 aromatic rings. The Labute approximate surface area is 113 Å². The van der Waals surface area contributed by atoms with Gasteiger partial charge in [-0.1, -0.05) is 18.5 Å². The van der Waals surface area contributed by atoms with E-state index in [-0.39, 0.29) is 0 Å². The Kier molecular flexibility index (Phi) is 4.87. The van der Waals surface area contributed by atoms with Gasteiger partial charge in [-0.05, 0) is 43.7 Å². The van der Waals surface area contributed by atoms with Gasteiger partial charge in [0.05, 0.1) is 0 Å². The van der Waals surface area contributed by atoms with Crippen LogP contribution in [0.4, 0.5) is 0 Å². The maximum absolute atomic E-state index is 9.95. The van der Waals surface area contributed by atoms with Crippen molar-refractivity contribution in [1.82, 2.24) is 4.90 Å². The monoisotopic (exact) mass is 269 g/mol. The third-order valence-corrected chi connectivity index (χ3v) is 3.42. The Hall–Kier alpha value is -0.770. The second-order valence-electron chi connectivity index (χ2n) is 4.74. The zero-order valence-electron chi connectivity index (χ0n) is 10.7. The summed E-state index contributed by atoms with van der Waals surface area (Å²) in [5.41, 5.74) is 0. The molecular formula is C14H20ClNO2. The zero-order valence-corrected chi connectivity index (χ0v) is 11.4. The number of halogens is 1. The number of nitrogens with zero attached hydrogens (tertiary/aromatic N) is 1. The van der Waals surface area contributed by atoms with Crippen molar-refractivity contribution in [2.24, 2.45) is 0 Å². The number of rotatable bonds is 7. The number of hydrogen-bond acceptors (Lipinski definition) is 3. The SMILES string of the molecule is CCN(CC(O)COc1ccc(Cl)cc1)C1CC1. The molecule has 0 amide bonds. The molecule has 0 spiro atoms. The van der Waals surface area contributed by atoms with Gasteiger partial charge in [0.25, 0.3) is 0 Å². The van der Waals surface area contributed by atoms with E-state index in [0.717, 1.165) is 12.3 Å². The third kappa shape index (κ3) is 4.16. The largest absolute Gasteiger partial charge is 0.491 e. The summed E-state index contributed by atoms with van der Waals surface area (Å²) in [5, 5.41) is 10.6. The Balaban J connectivity index is 1.73. The highest BCUT2D eigenvalue weighted by molar-refractivity contribution is 6.30. The molecule has 4 heteroatoms. The van der Waals surface area contributed by atoms with E-state index in [9.17, 15) is 5.11 Å². The highest BCUT2D eigenvalue weighted by Crippen LogP contribution is 2.26. The average Bonchev–Trinajstić information content (AvgIpc) is 3.19. The topological polar surface area (TPSA) is 32.7 Å². The molecule has 0 saturated heterocycles. The number of hydrogen-bond donors (Lipinski definition) is 1. The van der Waals surface area contributed by atoms with Crippen molar-refractivity contribution in [3.05, 3.63) is 29.3 Å². The van der Waals surface area contributed by atoms with E-state index in [1.54, 1.807) is 12.1 Å². The summed E-state index contributed by atoms with van der Waals surface area (Å²) in [5.74, 6) is 0.743. The van der Waals surface area contributed by atoms with Gasteiger partial charge in [0.1, 0.15) is 18.5 Å². The van der Waals surface area contributed by atoms with Crippen LogP contribution in [0.1, 0.15) is 19.8 Å². The van der Waals surface area contributed by atoms with E-state index in [1.807, 2.05) is 12.1 Å². The van der Waals surface area contributed by atoms with E-state index in [0.29, 0.717) is 24.2 Å². The Bertz CT molecular complexity index is 365. The van der Waals surface area contributed by atoms with Crippen LogP contribution in [-0.2, 0) is 0 Å². The van der Waals surface area contributed by atoms with Gasteiger partial charge in [-0.2, -0.15) is 0 Å². The second-order valence-corrected chi connectivity index (χ2v) is 5.17. The Morgan fingerprint density at radius 2 is 2.06 bits per heavy atom. The van der Waals surface area contributed by atoms with Gasteiger partial charge >= 0.3 is 0 Å². The molecule has 0 radical (unpaired) electrons. The van der Waals surface area contributed by atoms with E-state index >= 15 is 0 Å². The number of aliphatic hydroxyl groups is 1.